The third kappa shape index (κ3) is 4.89. The van der Waals surface area contributed by atoms with Gasteiger partial charge in [0.15, 0.2) is 0 Å². The fourth-order valence-electron chi connectivity index (χ4n) is 4.21. The molecule has 1 saturated heterocycles. The van der Waals surface area contributed by atoms with Crippen molar-refractivity contribution < 1.29 is 13.9 Å². The molecule has 0 atom stereocenters. The first kappa shape index (κ1) is 20.1. The monoisotopic (exact) mass is 397 g/mol. The highest BCUT2D eigenvalue weighted by Gasteiger charge is 2.28. The quantitative estimate of drug-likeness (QED) is 0.812. The van der Waals surface area contributed by atoms with E-state index in [9.17, 15) is 4.79 Å². The molecule has 3 heterocycles. The summed E-state index contributed by atoms with van der Waals surface area (Å²) in [5, 5.41) is 3.09. The fraction of sp³-hybridized carbons (Fsp3) is 0.522. The molecule has 1 N–H and O–H groups in total. The molecule has 0 unspecified atom stereocenters. The summed E-state index contributed by atoms with van der Waals surface area (Å²) in [6, 6.07) is 8.68. The number of furan rings is 1. The van der Waals surface area contributed by atoms with Gasteiger partial charge in [0.1, 0.15) is 11.5 Å². The molecule has 1 amide bonds. The molecule has 6 nitrogen and oxygen atoms in total. The van der Waals surface area contributed by atoms with Crippen LogP contribution in [-0.2, 0) is 24.2 Å². The average Bonchev–Trinajstić information content (AvgIpc) is 3.05. The minimum absolute atomic E-state index is 0.0158. The van der Waals surface area contributed by atoms with E-state index in [0.717, 1.165) is 81.6 Å². The van der Waals surface area contributed by atoms with Crippen molar-refractivity contribution in [3.8, 4) is 0 Å². The highest BCUT2D eigenvalue weighted by atomic mass is 16.5. The Bertz CT molecular complexity index is 838. The van der Waals surface area contributed by atoms with Crippen LogP contribution in [0.15, 0.2) is 28.7 Å². The number of aryl methyl sites for hydroxylation is 2. The Labute approximate surface area is 172 Å². The largest absolute Gasteiger partial charge is 0.465 e. The normalized spacial score (nSPS) is 17.9. The number of hydrogen-bond acceptors (Lipinski definition) is 5. The Kier molecular flexibility index (Phi) is 6.33. The number of nitrogens with zero attached hydrogens (tertiary/aromatic N) is 2. The minimum Gasteiger partial charge on any atom is -0.465 e. The first-order chi connectivity index (χ1) is 14.1. The van der Waals surface area contributed by atoms with Crippen LogP contribution in [0.4, 0.5) is 0 Å². The molecule has 1 aromatic carbocycles. The van der Waals surface area contributed by atoms with Crippen molar-refractivity contribution in [1.29, 1.82) is 0 Å². The lowest BCUT2D eigenvalue weighted by molar-refractivity contribution is 0.0383. The molecule has 4 rings (SSSR count). The zero-order valence-corrected chi connectivity index (χ0v) is 17.5. The standard InChI is InChI=1S/C23H31N3O3/c1-17-3-5-19(6-4-17)15-26-9-7-21-20(16-26)22(18(2)29-21)23(27)24-8-10-25-11-13-28-14-12-25/h3-6H,7-16H2,1-2H3,(H,24,27). The van der Waals surface area contributed by atoms with Gasteiger partial charge in [-0.2, -0.15) is 0 Å². The van der Waals surface area contributed by atoms with Crippen LogP contribution in [0.5, 0.6) is 0 Å². The lowest BCUT2D eigenvalue weighted by Crippen LogP contribution is -2.41. The summed E-state index contributed by atoms with van der Waals surface area (Å²) in [4.78, 5) is 17.6. The summed E-state index contributed by atoms with van der Waals surface area (Å²) in [5.41, 5.74) is 4.37. The van der Waals surface area contributed by atoms with Gasteiger partial charge in [-0.3, -0.25) is 14.6 Å². The maximum atomic E-state index is 12.9. The predicted octanol–water partition coefficient (Wildman–Crippen LogP) is 2.52. The maximum Gasteiger partial charge on any atom is 0.255 e. The second-order valence-electron chi connectivity index (χ2n) is 8.09. The number of rotatable bonds is 6. The number of carbonyl (C=O) groups is 1. The highest BCUT2D eigenvalue weighted by molar-refractivity contribution is 5.97. The SMILES string of the molecule is Cc1ccc(CN2CCc3oc(C)c(C(=O)NCCN4CCOCC4)c3C2)cc1. The first-order valence-electron chi connectivity index (χ1n) is 10.6. The van der Waals surface area contributed by atoms with Gasteiger partial charge in [-0.1, -0.05) is 29.8 Å². The van der Waals surface area contributed by atoms with Crippen LogP contribution >= 0.6 is 0 Å². The van der Waals surface area contributed by atoms with Gasteiger partial charge in [0, 0.05) is 57.8 Å². The zero-order valence-electron chi connectivity index (χ0n) is 17.5. The van der Waals surface area contributed by atoms with E-state index in [2.05, 4.69) is 46.3 Å². The number of ether oxygens (including phenoxy) is 1. The van der Waals surface area contributed by atoms with Gasteiger partial charge in [0.05, 0.1) is 18.8 Å². The summed E-state index contributed by atoms with van der Waals surface area (Å²) in [7, 11) is 0. The fourth-order valence-corrected chi connectivity index (χ4v) is 4.21. The van der Waals surface area contributed by atoms with Gasteiger partial charge in [0.25, 0.3) is 5.91 Å². The molecular weight excluding hydrogens is 366 g/mol. The number of amides is 1. The summed E-state index contributed by atoms with van der Waals surface area (Å²) in [6.07, 6.45) is 0.850. The van der Waals surface area contributed by atoms with Crippen molar-refractivity contribution >= 4 is 5.91 Å². The molecule has 0 bridgehead atoms. The van der Waals surface area contributed by atoms with Crippen LogP contribution < -0.4 is 5.32 Å². The Hall–Kier alpha value is -2.15. The molecule has 0 radical (unpaired) electrons. The molecule has 1 aromatic heterocycles. The molecule has 29 heavy (non-hydrogen) atoms. The molecule has 2 aliphatic heterocycles. The van der Waals surface area contributed by atoms with Crippen LogP contribution in [0.3, 0.4) is 0 Å². The predicted molar refractivity (Wildman–Crippen MR) is 112 cm³/mol. The van der Waals surface area contributed by atoms with Gasteiger partial charge >= 0.3 is 0 Å². The van der Waals surface area contributed by atoms with Gasteiger partial charge in [0.2, 0.25) is 0 Å². The Morgan fingerprint density at radius 1 is 1.07 bits per heavy atom. The third-order valence-electron chi connectivity index (χ3n) is 5.87. The molecule has 156 valence electrons. The number of nitrogens with one attached hydrogen (secondary N) is 1. The van der Waals surface area contributed by atoms with E-state index in [1.54, 1.807) is 0 Å². The number of carbonyl (C=O) groups excluding carboxylic acids is 1. The number of hydrogen-bond donors (Lipinski definition) is 1. The molecule has 2 aliphatic rings. The van der Waals surface area contributed by atoms with E-state index in [-0.39, 0.29) is 5.91 Å². The third-order valence-corrected chi connectivity index (χ3v) is 5.87. The molecule has 6 heteroatoms. The Morgan fingerprint density at radius 2 is 1.83 bits per heavy atom. The van der Waals surface area contributed by atoms with E-state index in [4.69, 9.17) is 9.15 Å². The van der Waals surface area contributed by atoms with Crippen LogP contribution in [0.2, 0.25) is 0 Å². The topological polar surface area (TPSA) is 58.0 Å². The van der Waals surface area contributed by atoms with Crippen molar-refractivity contribution in [2.45, 2.75) is 33.4 Å². The zero-order chi connectivity index (χ0) is 20.2. The van der Waals surface area contributed by atoms with Crippen LogP contribution in [-0.4, -0.2) is 61.6 Å². The van der Waals surface area contributed by atoms with E-state index in [0.29, 0.717) is 6.54 Å². The van der Waals surface area contributed by atoms with Crippen LogP contribution in [0.1, 0.15) is 38.6 Å². The van der Waals surface area contributed by atoms with Gasteiger partial charge < -0.3 is 14.5 Å². The molecule has 0 aliphatic carbocycles. The highest BCUT2D eigenvalue weighted by Crippen LogP contribution is 2.29. The average molecular weight is 398 g/mol. The lowest BCUT2D eigenvalue weighted by Gasteiger charge is -2.27. The summed E-state index contributed by atoms with van der Waals surface area (Å²) in [5.74, 6) is 1.69. The molecule has 1 fully saturated rings. The van der Waals surface area contributed by atoms with Crippen molar-refractivity contribution in [3.05, 3.63) is 58.0 Å². The number of benzene rings is 1. The van der Waals surface area contributed by atoms with Crippen molar-refractivity contribution in [1.82, 2.24) is 15.1 Å². The van der Waals surface area contributed by atoms with Gasteiger partial charge in [-0.05, 0) is 19.4 Å². The number of morpholine rings is 1. The lowest BCUT2D eigenvalue weighted by atomic mass is 10.0. The second kappa shape index (κ2) is 9.11. The summed E-state index contributed by atoms with van der Waals surface area (Å²) < 4.78 is 11.3. The van der Waals surface area contributed by atoms with Crippen molar-refractivity contribution in [3.63, 3.8) is 0 Å². The molecular formula is C23H31N3O3. The smallest absolute Gasteiger partial charge is 0.255 e. The van der Waals surface area contributed by atoms with E-state index in [1.165, 1.54) is 11.1 Å². The second-order valence-corrected chi connectivity index (χ2v) is 8.09. The summed E-state index contributed by atoms with van der Waals surface area (Å²) in [6.45, 7) is 11.5. The Balaban J connectivity index is 1.38. The van der Waals surface area contributed by atoms with E-state index < -0.39 is 0 Å². The van der Waals surface area contributed by atoms with Crippen LogP contribution in [0, 0.1) is 13.8 Å². The van der Waals surface area contributed by atoms with Crippen molar-refractivity contribution in [2.75, 3.05) is 45.9 Å². The van der Waals surface area contributed by atoms with Crippen molar-refractivity contribution in [2.24, 2.45) is 0 Å². The summed E-state index contributed by atoms with van der Waals surface area (Å²) >= 11 is 0. The van der Waals surface area contributed by atoms with E-state index in [1.807, 2.05) is 6.92 Å². The maximum absolute atomic E-state index is 12.9. The minimum atomic E-state index is -0.0158. The van der Waals surface area contributed by atoms with Gasteiger partial charge in [-0.25, -0.2) is 0 Å². The first-order valence-corrected chi connectivity index (χ1v) is 10.6. The molecule has 0 saturated carbocycles. The van der Waals surface area contributed by atoms with E-state index >= 15 is 0 Å². The van der Waals surface area contributed by atoms with Crippen LogP contribution in [0.25, 0.3) is 0 Å². The Morgan fingerprint density at radius 3 is 2.59 bits per heavy atom. The number of fused-ring (bicyclic) bond motifs is 1. The molecule has 2 aromatic rings. The molecule has 0 spiro atoms. The van der Waals surface area contributed by atoms with Gasteiger partial charge in [-0.15, -0.1) is 0 Å².